The Bertz CT molecular complexity index is 303. The summed E-state index contributed by atoms with van der Waals surface area (Å²) in [4.78, 5) is 10.3. The van der Waals surface area contributed by atoms with Gasteiger partial charge >= 0.3 is 5.97 Å². The Hall–Kier alpha value is -1.35. The molecule has 19 heavy (non-hydrogen) atoms. The van der Waals surface area contributed by atoms with Crippen LogP contribution in [0.5, 0.6) is 0 Å². The van der Waals surface area contributed by atoms with Crippen molar-refractivity contribution in [2.45, 2.75) is 58.0 Å². The quantitative estimate of drug-likeness (QED) is 0.339. The minimum absolute atomic E-state index is 0.265. The van der Waals surface area contributed by atoms with E-state index in [1.165, 1.54) is 0 Å². The number of aliphatic carboxylic acids is 1. The van der Waals surface area contributed by atoms with E-state index in [4.69, 9.17) is 5.11 Å². The summed E-state index contributed by atoms with van der Waals surface area (Å²) in [5.74, 6) is -0.718. The fraction of sp³-hybridized carbons (Fsp3) is 0.562. The maximum atomic E-state index is 10.3. The number of unbranched alkanes of at least 4 members (excludes halogenated alkanes) is 3. The van der Waals surface area contributed by atoms with Crippen molar-refractivity contribution < 1.29 is 15.0 Å². The molecule has 1 unspecified atom stereocenters. The summed E-state index contributed by atoms with van der Waals surface area (Å²) in [6.45, 7) is 2.07. The molecule has 0 aliphatic heterocycles. The molecule has 0 fully saturated rings. The Labute approximate surface area is 116 Å². The Morgan fingerprint density at radius 1 is 1.11 bits per heavy atom. The molecule has 3 nitrogen and oxygen atoms in total. The monoisotopic (exact) mass is 266 g/mol. The molecule has 108 valence electrons. The summed E-state index contributed by atoms with van der Waals surface area (Å²) < 4.78 is 0. The summed E-state index contributed by atoms with van der Waals surface area (Å²) in [6.07, 6.45) is 16.8. The average molecular weight is 266 g/mol. The zero-order valence-corrected chi connectivity index (χ0v) is 11.8. The minimum atomic E-state index is -0.718. The number of carboxylic acids is 1. The number of hydrogen-bond donors (Lipinski definition) is 2. The van der Waals surface area contributed by atoms with E-state index in [1.807, 2.05) is 30.4 Å². The van der Waals surface area contributed by atoms with Gasteiger partial charge in [0.2, 0.25) is 0 Å². The van der Waals surface area contributed by atoms with Crippen LogP contribution in [0.2, 0.25) is 0 Å². The van der Waals surface area contributed by atoms with Gasteiger partial charge in [-0.15, -0.1) is 0 Å². The predicted molar refractivity (Wildman–Crippen MR) is 79.1 cm³/mol. The molecule has 0 bridgehead atoms. The molecule has 0 spiro atoms. The third kappa shape index (κ3) is 14.6. The lowest BCUT2D eigenvalue weighted by atomic mass is 10.1. The van der Waals surface area contributed by atoms with Gasteiger partial charge in [0.15, 0.2) is 0 Å². The van der Waals surface area contributed by atoms with Gasteiger partial charge in [0.05, 0.1) is 6.10 Å². The normalized spacial score (nSPS) is 13.8. The number of carbonyl (C=O) groups is 1. The molecule has 0 heterocycles. The van der Waals surface area contributed by atoms with Crippen LogP contribution in [-0.2, 0) is 4.79 Å². The summed E-state index contributed by atoms with van der Waals surface area (Å²) in [6, 6.07) is 0. The molecule has 0 radical (unpaired) electrons. The number of allylic oxidation sites excluding steroid dienone is 4. The molecule has 0 saturated carbocycles. The van der Waals surface area contributed by atoms with Crippen molar-refractivity contribution in [2.24, 2.45) is 0 Å². The highest BCUT2D eigenvalue weighted by Gasteiger charge is 1.95. The molecular weight excluding hydrogens is 240 g/mol. The first-order valence-electron chi connectivity index (χ1n) is 7.05. The summed E-state index contributed by atoms with van der Waals surface area (Å²) in [5, 5.41) is 18.0. The Morgan fingerprint density at radius 3 is 2.58 bits per heavy atom. The third-order valence-electron chi connectivity index (χ3n) is 2.62. The van der Waals surface area contributed by atoms with Crippen LogP contribution in [0, 0.1) is 0 Å². The first-order valence-corrected chi connectivity index (χ1v) is 7.05. The highest BCUT2D eigenvalue weighted by atomic mass is 16.4. The molecule has 0 aromatic carbocycles. The van der Waals surface area contributed by atoms with Crippen molar-refractivity contribution >= 4 is 5.97 Å². The summed E-state index contributed by atoms with van der Waals surface area (Å²) in [5.41, 5.74) is 0. The molecule has 3 heteroatoms. The van der Waals surface area contributed by atoms with E-state index in [-0.39, 0.29) is 6.42 Å². The van der Waals surface area contributed by atoms with Crippen LogP contribution in [0.1, 0.15) is 51.9 Å². The zero-order chi connectivity index (χ0) is 14.3. The van der Waals surface area contributed by atoms with Crippen molar-refractivity contribution in [2.75, 3.05) is 0 Å². The van der Waals surface area contributed by atoms with Gasteiger partial charge in [0.25, 0.3) is 0 Å². The SMILES string of the molecule is CCC=CCC(O)C=CC=CCCCCCC(=O)O. The van der Waals surface area contributed by atoms with Crippen LogP contribution in [-0.4, -0.2) is 22.3 Å². The van der Waals surface area contributed by atoms with Crippen LogP contribution in [0.4, 0.5) is 0 Å². The largest absolute Gasteiger partial charge is 0.481 e. The standard InChI is InChI=1S/C16H26O3/c1-2-3-9-12-15(17)13-10-7-5-4-6-8-11-14-16(18)19/h3,5,7,9-10,13,15,17H,2,4,6,8,11-12,14H2,1H3,(H,18,19). The topological polar surface area (TPSA) is 57.5 Å². The zero-order valence-electron chi connectivity index (χ0n) is 11.8. The Balaban J connectivity index is 3.50. The van der Waals surface area contributed by atoms with E-state index in [9.17, 15) is 9.90 Å². The van der Waals surface area contributed by atoms with Gasteiger partial charge in [0, 0.05) is 6.42 Å². The third-order valence-corrected chi connectivity index (χ3v) is 2.62. The molecular formula is C16H26O3. The highest BCUT2D eigenvalue weighted by Crippen LogP contribution is 2.04. The molecule has 0 aliphatic carbocycles. The fourth-order valence-corrected chi connectivity index (χ4v) is 1.56. The smallest absolute Gasteiger partial charge is 0.303 e. The van der Waals surface area contributed by atoms with Crippen molar-refractivity contribution in [1.82, 2.24) is 0 Å². The van der Waals surface area contributed by atoms with Crippen LogP contribution in [0.25, 0.3) is 0 Å². The predicted octanol–water partition coefficient (Wildman–Crippen LogP) is 3.85. The number of hydrogen-bond acceptors (Lipinski definition) is 2. The van der Waals surface area contributed by atoms with Crippen molar-refractivity contribution in [3.8, 4) is 0 Å². The van der Waals surface area contributed by atoms with E-state index >= 15 is 0 Å². The number of carboxylic acid groups (broad SMARTS) is 1. The van der Waals surface area contributed by atoms with Gasteiger partial charge in [-0.2, -0.15) is 0 Å². The lowest BCUT2D eigenvalue weighted by Crippen LogP contribution is -1.98. The van der Waals surface area contributed by atoms with E-state index < -0.39 is 12.1 Å². The molecule has 0 saturated heterocycles. The summed E-state index contributed by atoms with van der Waals surface area (Å²) in [7, 11) is 0. The molecule has 0 aliphatic rings. The molecule has 1 atom stereocenters. The first-order chi connectivity index (χ1) is 9.16. The van der Waals surface area contributed by atoms with Gasteiger partial charge in [-0.1, -0.05) is 49.8 Å². The fourth-order valence-electron chi connectivity index (χ4n) is 1.56. The van der Waals surface area contributed by atoms with Crippen molar-refractivity contribution in [3.63, 3.8) is 0 Å². The van der Waals surface area contributed by atoms with Gasteiger partial charge in [-0.25, -0.2) is 0 Å². The van der Waals surface area contributed by atoms with Crippen LogP contribution < -0.4 is 0 Å². The molecule has 0 aromatic heterocycles. The highest BCUT2D eigenvalue weighted by molar-refractivity contribution is 5.66. The molecule has 0 aromatic rings. The van der Waals surface area contributed by atoms with Crippen molar-refractivity contribution in [3.05, 3.63) is 36.5 Å². The number of aliphatic hydroxyl groups is 1. The first kappa shape index (κ1) is 17.6. The number of aliphatic hydroxyl groups excluding tert-OH is 1. The van der Waals surface area contributed by atoms with E-state index in [2.05, 4.69) is 6.92 Å². The maximum absolute atomic E-state index is 10.3. The van der Waals surface area contributed by atoms with E-state index in [0.717, 1.165) is 32.1 Å². The second-order valence-corrected chi connectivity index (χ2v) is 4.49. The molecule has 2 N–H and O–H groups in total. The average Bonchev–Trinajstić information content (AvgIpc) is 2.36. The second-order valence-electron chi connectivity index (χ2n) is 4.49. The van der Waals surface area contributed by atoms with Gasteiger partial charge in [-0.05, 0) is 32.1 Å². The Kier molecular flexibility index (Phi) is 12.2. The Morgan fingerprint density at radius 2 is 1.89 bits per heavy atom. The van der Waals surface area contributed by atoms with Gasteiger partial charge < -0.3 is 10.2 Å². The molecule has 0 amide bonds. The van der Waals surface area contributed by atoms with Crippen molar-refractivity contribution in [1.29, 1.82) is 0 Å². The van der Waals surface area contributed by atoms with E-state index in [1.54, 1.807) is 6.08 Å². The minimum Gasteiger partial charge on any atom is -0.481 e. The lowest BCUT2D eigenvalue weighted by molar-refractivity contribution is -0.137. The van der Waals surface area contributed by atoms with E-state index in [0.29, 0.717) is 6.42 Å². The summed E-state index contributed by atoms with van der Waals surface area (Å²) >= 11 is 0. The second kappa shape index (κ2) is 13.1. The van der Waals surface area contributed by atoms with Crippen LogP contribution in [0.3, 0.4) is 0 Å². The molecule has 0 rings (SSSR count). The van der Waals surface area contributed by atoms with Crippen LogP contribution >= 0.6 is 0 Å². The maximum Gasteiger partial charge on any atom is 0.303 e. The lowest BCUT2D eigenvalue weighted by Gasteiger charge is -1.98. The van der Waals surface area contributed by atoms with Gasteiger partial charge in [-0.3, -0.25) is 4.79 Å². The van der Waals surface area contributed by atoms with Gasteiger partial charge in [0.1, 0.15) is 0 Å². The van der Waals surface area contributed by atoms with Crippen LogP contribution in [0.15, 0.2) is 36.5 Å². The number of rotatable bonds is 11.